The molecular formula is C19H38N2. The summed E-state index contributed by atoms with van der Waals surface area (Å²) in [5.74, 6) is 2.67. The molecule has 2 fully saturated rings. The van der Waals surface area contributed by atoms with Crippen molar-refractivity contribution in [1.29, 1.82) is 0 Å². The van der Waals surface area contributed by atoms with Crippen LogP contribution in [-0.2, 0) is 0 Å². The molecule has 0 aromatic heterocycles. The van der Waals surface area contributed by atoms with Crippen molar-refractivity contribution in [3.8, 4) is 0 Å². The molecule has 0 aromatic carbocycles. The molecule has 4 atom stereocenters. The average Bonchev–Trinajstić information content (AvgIpc) is 2.35. The Morgan fingerprint density at radius 3 is 2.33 bits per heavy atom. The highest BCUT2D eigenvalue weighted by molar-refractivity contribution is 4.91. The van der Waals surface area contributed by atoms with Crippen molar-refractivity contribution >= 4 is 0 Å². The van der Waals surface area contributed by atoms with Gasteiger partial charge in [0.1, 0.15) is 0 Å². The Kier molecular flexibility index (Phi) is 6.14. The summed E-state index contributed by atoms with van der Waals surface area (Å²) in [6, 6.07) is 0.610. The van der Waals surface area contributed by atoms with Gasteiger partial charge in [0.25, 0.3) is 0 Å². The van der Waals surface area contributed by atoms with E-state index in [1.54, 1.807) is 0 Å². The number of hydrogen-bond donors (Lipinski definition) is 1. The van der Waals surface area contributed by atoms with E-state index in [1.165, 1.54) is 58.3 Å². The molecule has 0 radical (unpaired) electrons. The van der Waals surface area contributed by atoms with Gasteiger partial charge < -0.3 is 10.2 Å². The van der Waals surface area contributed by atoms with E-state index in [2.05, 4.69) is 44.8 Å². The predicted molar refractivity (Wildman–Crippen MR) is 92.6 cm³/mol. The molecule has 2 aliphatic rings. The van der Waals surface area contributed by atoms with Gasteiger partial charge in [0, 0.05) is 32.2 Å². The Morgan fingerprint density at radius 1 is 1.10 bits per heavy atom. The van der Waals surface area contributed by atoms with Crippen LogP contribution in [0.5, 0.6) is 0 Å². The molecule has 2 heteroatoms. The first-order chi connectivity index (χ1) is 9.88. The Morgan fingerprint density at radius 2 is 1.76 bits per heavy atom. The Hall–Kier alpha value is -0.0800. The zero-order valence-corrected chi connectivity index (χ0v) is 15.1. The molecule has 1 aliphatic carbocycles. The number of rotatable bonds is 5. The van der Waals surface area contributed by atoms with Gasteiger partial charge in [-0.15, -0.1) is 0 Å². The minimum atomic E-state index is 0.527. The van der Waals surface area contributed by atoms with Gasteiger partial charge in [-0.3, -0.25) is 0 Å². The molecule has 4 unspecified atom stereocenters. The fourth-order valence-corrected chi connectivity index (χ4v) is 4.95. The molecule has 1 N–H and O–H groups in total. The number of hydrogen-bond acceptors (Lipinski definition) is 2. The van der Waals surface area contributed by atoms with Gasteiger partial charge in [-0.1, -0.05) is 47.5 Å². The summed E-state index contributed by atoms with van der Waals surface area (Å²) in [6.45, 7) is 17.1. The van der Waals surface area contributed by atoms with E-state index in [1.807, 2.05) is 0 Å². The van der Waals surface area contributed by atoms with E-state index in [-0.39, 0.29) is 0 Å². The van der Waals surface area contributed by atoms with Gasteiger partial charge in [-0.05, 0) is 42.4 Å². The topological polar surface area (TPSA) is 15.3 Å². The van der Waals surface area contributed by atoms with Crippen LogP contribution in [-0.4, -0.2) is 37.1 Å². The highest BCUT2D eigenvalue weighted by Crippen LogP contribution is 2.40. The van der Waals surface area contributed by atoms with E-state index in [4.69, 9.17) is 0 Å². The number of nitrogens with one attached hydrogen (secondary N) is 1. The molecular weight excluding hydrogens is 256 g/mol. The normalized spacial score (nSPS) is 38.9. The van der Waals surface area contributed by atoms with Gasteiger partial charge in [0.05, 0.1) is 0 Å². The van der Waals surface area contributed by atoms with Gasteiger partial charge in [-0.25, -0.2) is 0 Å². The summed E-state index contributed by atoms with van der Waals surface area (Å²) in [7, 11) is 0. The Balaban J connectivity index is 2.00. The lowest BCUT2D eigenvalue weighted by Gasteiger charge is -2.46. The van der Waals surface area contributed by atoms with E-state index < -0.39 is 0 Å². The van der Waals surface area contributed by atoms with Crippen molar-refractivity contribution in [3.63, 3.8) is 0 Å². The van der Waals surface area contributed by atoms with Crippen LogP contribution in [0.15, 0.2) is 0 Å². The smallest absolute Gasteiger partial charge is 0.00505 e. The standard InChI is InChI=1S/C19H38N2/c1-15(2)20-13-19(8-6-7-16(3)10-19)14-21-11-17(4)9-18(5)12-21/h15-18,20H,6-14H2,1-5H3. The van der Waals surface area contributed by atoms with Crippen LogP contribution in [0.4, 0.5) is 0 Å². The maximum atomic E-state index is 3.76. The number of likely N-dealkylation sites (tertiary alicyclic amines) is 1. The molecule has 124 valence electrons. The molecule has 1 heterocycles. The van der Waals surface area contributed by atoms with Crippen molar-refractivity contribution in [3.05, 3.63) is 0 Å². The fraction of sp³-hybridized carbons (Fsp3) is 1.00. The summed E-state index contributed by atoms with van der Waals surface area (Å²) in [4.78, 5) is 2.79. The molecule has 1 aliphatic heterocycles. The first kappa shape index (κ1) is 17.3. The van der Waals surface area contributed by atoms with Crippen LogP contribution in [0, 0.1) is 23.2 Å². The third-order valence-corrected chi connectivity index (χ3v) is 5.57. The second-order valence-electron chi connectivity index (χ2n) is 8.88. The second kappa shape index (κ2) is 7.46. The lowest BCUT2D eigenvalue weighted by atomic mass is 9.69. The van der Waals surface area contributed by atoms with Crippen molar-refractivity contribution < 1.29 is 0 Å². The van der Waals surface area contributed by atoms with Gasteiger partial charge >= 0.3 is 0 Å². The molecule has 0 spiro atoms. The summed E-state index contributed by atoms with van der Waals surface area (Å²) < 4.78 is 0. The molecule has 21 heavy (non-hydrogen) atoms. The molecule has 0 bridgehead atoms. The fourth-order valence-electron chi connectivity index (χ4n) is 4.95. The van der Waals surface area contributed by atoms with E-state index in [0.29, 0.717) is 11.5 Å². The van der Waals surface area contributed by atoms with Crippen LogP contribution in [0.2, 0.25) is 0 Å². The van der Waals surface area contributed by atoms with Crippen LogP contribution < -0.4 is 5.32 Å². The quantitative estimate of drug-likeness (QED) is 0.819. The molecule has 0 aromatic rings. The van der Waals surface area contributed by atoms with Gasteiger partial charge in [0.15, 0.2) is 0 Å². The average molecular weight is 295 g/mol. The van der Waals surface area contributed by atoms with Crippen molar-refractivity contribution in [1.82, 2.24) is 10.2 Å². The number of piperidine rings is 1. The molecule has 1 saturated heterocycles. The van der Waals surface area contributed by atoms with E-state index in [9.17, 15) is 0 Å². The first-order valence-corrected chi connectivity index (χ1v) is 9.34. The summed E-state index contributed by atoms with van der Waals surface area (Å²) >= 11 is 0. The maximum Gasteiger partial charge on any atom is 0.00505 e. The predicted octanol–water partition coefficient (Wildman–Crippen LogP) is 4.16. The molecule has 2 rings (SSSR count). The zero-order valence-electron chi connectivity index (χ0n) is 15.1. The first-order valence-electron chi connectivity index (χ1n) is 9.34. The SMILES string of the molecule is CC1CC(C)CN(CC2(CNC(C)C)CCCC(C)C2)C1. The Labute approximate surface area is 133 Å². The summed E-state index contributed by atoms with van der Waals surface area (Å²) in [5, 5.41) is 3.76. The number of nitrogens with zero attached hydrogens (tertiary/aromatic N) is 1. The van der Waals surface area contributed by atoms with Crippen LogP contribution in [0.25, 0.3) is 0 Å². The third-order valence-electron chi connectivity index (χ3n) is 5.57. The molecule has 1 saturated carbocycles. The van der Waals surface area contributed by atoms with Gasteiger partial charge in [-0.2, -0.15) is 0 Å². The summed E-state index contributed by atoms with van der Waals surface area (Å²) in [6.07, 6.45) is 7.14. The monoisotopic (exact) mass is 294 g/mol. The highest BCUT2D eigenvalue weighted by Gasteiger charge is 2.37. The van der Waals surface area contributed by atoms with Crippen molar-refractivity contribution in [2.45, 2.75) is 72.8 Å². The van der Waals surface area contributed by atoms with E-state index in [0.717, 1.165) is 17.8 Å². The molecule has 0 amide bonds. The highest BCUT2D eigenvalue weighted by atomic mass is 15.1. The van der Waals surface area contributed by atoms with Gasteiger partial charge in [0.2, 0.25) is 0 Å². The van der Waals surface area contributed by atoms with Crippen LogP contribution in [0.3, 0.4) is 0 Å². The Bertz CT molecular complexity index is 305. The van der Waals surface area contributed by atoms with Crippen LogP contribution >= 0.6 is 0 Å². The maximum absolute atomic E-state index is 3.76. The minimum absolute atomic E-state index is 0.527. The lowest BCUT2D eigenvalue weighted by molar-refractivity contribution is 0.0441. The summed E-state index contributed by atoms with van der Waals surface area (Å²) in [5.41, 5.74) is 0.527. The largest absolute Gasteiger partial charge is 0.314 e. The second-order valence-corrected chi connectivity index (χ2v) is 8.88. The zero-order chi connectivity index (χ0) is 15.5. The van der Waals surface area contributed by atoms with E-state index >= 15 is 0 Å². The third kappa shape index (κ3) is 5.25. The van der Waals surface area contributed by atoms with Crippen molar-refractivity contribution in [2.75, 3.05) is 26.2 Å². The molecule has 2 nitrogen and oxygen atoms in total. The van der Waals surface area contributed by atoms with Crippen LogP contribution in [0.1, 0.15) is 66.7 Å². The lowest BCUT2D eigenvalue weighted by Crippen LogP contribution is -2.51. The minimum Gasteiger partial charge on any atom is -0.314 e. The van der Waals surface area contributed by atoms with Crippen molar-refractivity contribution in [2.24, 2.45) is 23.2 Å².